The molecule has 2 fully saturated rings. The van der Waals surface area contributed by atoms with E-state index in [2.05, 4.69) is 20.2 Å². The predicted molar refractivity (Wildman–Crippen MR) is 102 cm³/mol. The molecule has 2 aromatic heterocycles. The van der Waals surface area contributed by atoms with E-state index < -0.39 is 24.9 Å². The Labute approximate surface area is 165 Å². The van der Waals surface area contributed by atoms with Gasteiger partial charge in [0.15, 0.2) is 0 Å². The molecular formula is C19H22F3N5O2. The zero-order valence-electron chi connectivity index (χ0n) is 15.8. The number of nitrogens with zero attached hydrogens (tertiary/aromatic N) is 3. The van der Waals surface area contributed by atoms with Gasteiger partial charge in [0.2, 0.25) is 11.8 Å². The summed E-state index contributed by atoms with van der Waals surface area (Å²) >= 11 is 0. The third kappa shape index (κ3) is 4.63. The van der Waals surface area contributed by atoms with Gasteiger partial charge in [0.25, 0.3) is 0 Å². The van der Waals surface area contributed by atoms with Crippen molar-refractivity contribution < 1.29 is 22.8 Å². The predicted octanol–water partition coefficient (Wildman–Crippen LogP) is 2.90. The van der Waals surface area contributed by atoms with E-state index in [0.29, 0.717) is 37.6 Å². The van der Waals surface area contributed by atoms with E-state index in [-0.39, 0.29) is 11.8 Å². The Bertz CT molecular complexity index is 914. The number of carbonyl (C=O) groups excluding carboxylic acids is 2. The monoisotopic (exact) mass is 409 g/mol. The Morgan fingerprint density at radius 1 is 1.21 bits per heavy atom. The SMILES string of the molecule is O=C(Nc1cc(N2CCN(C(=O)CCC(F)(F)F)CC2)c2cc[nH]c2n1)C1CC1. The second-order valence-electron chi connectivity index (χ2n) is 7.51. The van der Waals surface area contributed by atoms with Crippen molar-refractivity contribution in [3.05, 3.63) is 18.3 Å². The Hall–Kier alpha value is -2.78. The quantitative estimate of drug-likeness (QED) is 0.796. The van der Waals surface area contributed by atoms with E-state index in [1.165, 1.54) is 4.90 Å². The summed E-state index contributed by atoms with van der Waals surface area (Å²) in [5.41, 5.74) is 1.53. The van der Waals surface area contributed by atoms with Crippen LogP contribution in [0.15, 0.2) is 18.3 Å². The number of alkyl halides is 3. The van der Waals surface area contributed by atoms with E-state index in [1.807, 2.05) is 12.1 Å². The number of hydrogen-bond donors (Lipinski definition) is 2. The number of halogens is 3. The van der Waals surface area contributed by atoms with Crippen LogP contribution in [0.25, 0.3) is 11.0 Å². The van der Waals surface area contributed by atoms with Crippen molar-refractivity contribution in [2.45, 2.75) is 31.9 Å². The second-order valence-corrected chi connectivity index (χ2v) is 7.51. The molecule has 7 nitrogen and oxygen atoms in total. The van der Waals surface area contributed by atoms with Crippen LogP contribution in [0.4, 0.5) is 24.7 Å². The van der Waals surface area contributed by atoms with Crippen molar-refractivity contribution in [1.29, 1.82) is 0 Å². The number of fused-ring (bicyclic) bond motifs is 1. The molecule has 4 rings (SSSR count). The average Bonchev–Trinajstić information content (AvgIpc) is 3.43. The molecule has 2 N–H and O–H groups in total. The third-order valence-electron chi connectivity index (χ3n) is 5.30. The summed E-state index contributed by atoms with van der Waals surface area (Å²) in [5, 5.41) is 3.75. The Balaban J connectivity index is 1.44. The first-order valence-corrected chi connectivity index (χ1v) is 9.68. The molecule has 1 aliphatic heterocycles. The number of hydrogen-bond acceptors (Lipinski definition) is 4. The van der Waals surface area contributed by atoms with Crippen molar-refractivity contribution in [1.82, 2.24) is 14.9 Å². The van der Waals surface area contributed by atoms with Gasteiger partial charge in [-0.2, -0.15) is 13.2 Å². The fourth-order valence-electron chi connectivity index (χ4n) is 3.52. The maximum atomic E-state index is 12.3. The molecule has 1 saturated heterocycles. The molecule has 3 heterocycles. The highest BCUT2D eigenvalue weighted by atomic mass is 19.4. The first-order chi connectivity index (χ1) is 13.8. The van der Waals surface area contributed by atoms with Gasteiger partial charge in [-0.1, -0.05) is 0 Å². The van der Waals surface area contributed by atoms with Crippen LogP contribution >= 0.6 is 0 Å². The first-order valence-electron chi connectivity index (χ1n) is 9.68. The number of pyridine rings is 1. The van der Waals surface area contributed by atoms with Crippen LogP contribution in [0, 0.1) is 5.92 Å². The van der Waals surface area contributed by atoms with Crippen molar-refractivity contribution in [3.63, 3.8) is 0 Å². The number of rotatable bonds is 5. The van der Waals surface area contributed by atoms with Gasteiger partial charge in [-0.15, -0.1) is 0 Å². The summed E-state index contributed by atoms with van der Waals surface area (Å²) < 4.78 is 37.0. The molecule has 0 unspecified atom stereocenters. The minimum absolute atomic E-state index is 0.0329. The minimum Gasteiger partial charge on any atom is -0.367 e. The summed E-state index contributed by atoms with van der Waals surface area (Å²) in [4.78, 5) is 35.2. The number of piperazine rings is 1. The molecule has 2 aromatic rings. The highest BCUT2D eigenvalue weighted by Gasteiger charge is 2.31. The van der Waals surface area contributed by atoms with Gasteiger partial charge in [-0.05, 0) is 18.9 Å². The van der Waals surface area contributed by atoms with Crippen LogP contribution in [0.3, 0.4) is 0 Å². The Morgan fingerprint density at radius 3 is 2.59 bits per heavy atom. The van der Waals surface area contributed by atoms with Crippen LogP contribution in [-0.2, 0) is 9.59 Å². The van der Waals surface area contributed by atoms with Gasteiger partial charge in [-0.25, -0.2) is 4.98 Å². The molecule has 1 saturated carbocycles. The van der Waals surface area contributed by atoms with Gasteiger partial charge in [0.05, 0.1) is 12.1 Å². The standard InChI is InChI=1S/C19H22F3N5O2/c20-19(21,22)5-3-16(28)27-9-7-26(8-10-27)14-11-15(25-18(29)12-1-2-12)24-17-13(14)4-6-23-17/h4,6,11-12H,1-3,5,7-10H2,(H2,23,24,25,29). The van der Waals surface area contributed by atoms with Gasteiger partial charge in [0, 0.05) is 56.2 Å². The molecule has 0 bridgehead atoms. The number of aromatic nitrogens is 2. The first kappa shape index (κ1) is 19.5. The molecule has 0 atom stereocenters. The van der Waals surface area contributed by atoms with E-state index >= 15 is 0 Å². The highest BCUT2D eigenvalue weighted by Crippen LogP contribution is 2.32. The average molecular weight is 409 g/mol. The van der Waals surface area contributed by atoms with Crippen molar-refractivity contribution in [3.8, 4) is 0 Å². The summed E-state index contributed by atoms with van der Waals surface area (Å²) in [5.74, 6) is 0.0247. The molecule has 156 valence electrons. The summed E-state index contributed by atoms with van der Waals surface area (Å²) in [6.07, 6.45) is -2.37. The van der Waals surface area contributed by atoms with E-state index in [4.69, 9.17) is 0 Å². The second kappa shape index (κ2) is 7.57. The fourth-order valence-corrected chi connectivity index (χ4v) is 3.52. The van der Waals surface area contributed by atoms with Crippen molar-refractivity contribution in [2.75, 3.05) is 36.4 Å². The molecule has 10 heteroatoms. The number of nitrogens with one attached hydrogen (secondary N) is 2. The van der Waals surface area contributed by atoms with Crippen LogP contribution in [-0.4, -0.2) is 59.0 Å². The van der Waals surface area contributed by atoms with E-state index in [0.717, 1.165) is 23.9 Å². The van der Waals surface area contributed by atoms with E-state index in [9.17, 15) is 22.8 Å². The molecule has 2 aliphatic rings. The largest absolute Gasteiger partial charge is 0.389 e. The van der Waals surface area contributed by atoms with E-state index in [1.54, 1.807) is 6.20 Å². The lowest BCUT2D eigenvalue weighted by atomic mass is 10.2. The van der Waals surface area contributed by atoms with Crippen LogP contribution in [0.2, 0.25) is 0 Å². The molecule has 29 heavy (non-hydrogen) atoms. The molecular weight excluding hydrogens is 387 g/mol. The van der Waals surface area contributed by atoms with Crippen molar-refractivity contribution in [2.24, 2.45) is 5.92 Å². The third-order valence-corrected chi connectivity index (χ3v) is 5.30. The number of aromatic amines is 1. The number of anilines is 2. The molecule has 0 aromatic carbocycles. The van der Waals surface area contributed by atoms with Gasteiger partial charge >= 0.3 is 6.18 Å². The number of H-pyrrole nitrogens is 1. The lowest BCUT2D eigenvalue weighted by Gasteiger charge is -2.36. The summed E-state index contributed by atoms with van der Waals surface area (Å²) in [6, 6.07) is 3.71. The fraction of sp³-hybridized carbons (Fsp3) is 0.526. The van der Waals surface area contributed by atoms with Crippen LogP contribution in [0.5, 0.6) is 0 Å². The number of amides is 2. The maximum absolute atomic E-state index is 12.3. The Morgan fingerprint density at radius 2 is 1.93 bits per heavy atom. The minimum atomic E-state index is -4.32. The lowest BCUT2D eigenvalue weighted by Crippen LogP contribution is -2.49. The smallest absolute Gasteiger partial charge is 0.367 e. The molecule has 1 aliphatic carbocycles. The van der Waals surface area contributed by atoms with Crippen LogP contribution in [0.1, 0.15) is 25.7 Å². The highest BCUT2D eigenvalue weighted by molar-refractivity contribution is 5.97. The van der Waals surface area contributed by atoms with Gasteiger partial charge < -0.3 is 20.1 Å². The van der Waals surface area contributed by atoms with Gasteiger partial charge in [0.1, 0.15) is 11.5 Å². The lowest BCUT2D eigenvalue weighted by molar-refractivity contribution is -0.149. The summed E-state index contributed by atoms with van der Waals surface area (Å²) in [7, 11) is 0. The maximum Gasteiger partial charge on any atom is 0.389 e. The molecule has 0 radical (unpaired) electrons. The number of carbonyl (C=O) groups is 2. The molecule has 2 amide bonds. The van der Waals surface area contributed by atoms with Crippen LogP contribution < -0.4 is 10.2 Å². The molecule has 0 spiro atoms. The zero-order chi connectivity index (χ0) is 20.6. The Kier molecular flexibility index (Phi) is 5.10. The zero-order valence-corrected chi connectivity index (χ0v) is 15.8. The summed E-state index contributed by atoms with van der Waals surface area (Å²) in [6.45, 7) is 1.71. The van der Waals surface area contributed by atoms with Crippen molar-refractivity contribution >= 4 is 34.4 Å². The van der Waals surface area contributed by atoms with Gasteiger partial charge in [-0.3, -0.25) is 9.59 Å². The normalized spacial score (nSPS) is 17.6. The topological polar surface area (TPSA) is 81.3 Å².